The van der Waals surface area contributed by atoms with Crippen LogP contribution in [0.15, 0.2) is 18.3 Å². The number of rotatable bonds is 7. The van der Waals surface area contributed by atoms with Gasteiger partial charge in [0.2, 0.25) is 0 Å². The minimum Gasteiger partial charge on any atom is -0.467 e. The molecule has 1 aromatic heterocycles. The number of hydrogen-bond donors (Lipinski definition) is 1. The Kier molecular flexibility index (Phi) is 6.12. The molecule has 19 heavy (non-hydrogen) atoms. The minimum absolute atomic E-state index is 0.254. The van der Waals surface area contributed by atoms with Crippen LogP contribution < -0.4 is 10.2 Å². The van der Waals surface area contributed by atoms with Gasteiger partial charge in [0.1, 0.15) is 11.9 Å². The van der Waals surface area contributed by atoms with Crippen molar-refractivity contribution >= 4 is 17.5 Å². The van der Waals surface area contributed by atoms with E-state index in [1.165, 1.54) is 7.11 Å². The van der Waals surface area contributed by atoms with Crippen molar-refractivity contribution in [1.82, 2.24) is 4.98 Å². The van der Waals surface area contributed by atoms with E-state index in [1.54, 1.807) is 6.20 Å². The molecule has 106 valence electrons. The number of aromatic nitrogens is 1. The van der Waals surface area contributed by atoms with Gasteiger partial charge in [0, 0.05) is 13.1 Å². The van der Waals surface area contributed by atoms with Crippen LogP contribution in [0.25, 0.3) is 0 Å². The van der Waals surface area contributed by atoms with Gasteiger partial charge >= 0.3 is 5.97 Å². The van der Waals surface area contributed by atoms with Gasteiger partial charge in [0.15, 0.2) is 0 Å². The Morgan fingerprint density at radius 2 is 2.05 bits per heavy atom. The van der Waals surface area contributed by atoms with Crippen molar-refractivity contribution in [3.63, 3.8) is 0 Å². The smallest absolute Gasteiger partial charge is 0.328 e. The molecule has 1 unspecified atom stereocenters. The minimum atomic E-state index is -0.328. The molecule has 0 aliphatic rings. The molecule has 5 heteroatoms. The lowest BCUT2D eigenvalue weighted by molar-refractivity contribution is -0.141. The maximum Gasteiger partial charge on any atom is 0.328 e. The molecule has 0 aliphatic carbocycles. The van der Waals surface area contributed by atoms with Crippen molar-refractivity contribution in [1.29, 1.82) is 0 Å². The Hall–Kier alpha value is -1.78. The molecule has 0 amide bonds. The summed E-state index contributed by atoms with van der Waals surface area (Å²) < 4.78 is 4.74. The number of pyridine rings is 1. The summed E-state index contributed by atoms with van der Waals surface area (Å²) in [5, 5.41) is 3.13. The van der Waals surface area contributed by atoms with E-state index in [1.807, 2.05) is 19.1 Å². The van der Waals surface area contributed by atoms with Crippen molar-refractivity contribution in [3.05, 3.63) is 18.3 Å². The number of anilines is 2. The predicted molar refractivity (Wildman–Crippen MR) is 77.5 cm³/mol. The molecule has 0 fully saturated rings. The van der Waals surface area contributed by atoms with E-state index in [-0.39, 0.29) is 12.0 Å². The van der Waals surface area contributed by atoms with Gasteiger partial charge in [-0.2, -0.15) is 0 Å². The van der Waals surface area contributed by atoms with Gasteiger partial charge in [-0.1, -0.05) is 6.92 Å². The van der Waals surface area contributed by atoms with E-state index in [4.69, 9.17) is 4.74 Å². The normalized spacial score (nSPS) is 11.8. The maximum atomic E-state index is 11.5. The fourth-order valence-electron chi connectivity index (χ4n) is 1.88. The van der Waals surface area contributed by atoms with Gasteiger partial charge < -0.3 is 15.0 Å². The topological polar surface area (TPSA) is 54.5 Å². The quantitative estimate of drug-likeness (QED) is 0.767. The van der Waals surface area contributed by atoms with E-state index in [2.05, 4.69) is 29.0 Å². The van der Waals surface area contributed by atoms with Gasteiger partial charge in [0.25, 0.3) is 0 Å². The third kappa shape index (κ3) is 4.12. The van der Waals surface area contributed by atoms with Crippen LogP contribution >= 0.6 is 0 Å². The Morgan fingerprint density at radius 3 is 2.47 bits per heavy atom. The largest absolute Gasteiger partial charge is 0.467 e. The van der Waals surface area contributed by atoms with Gasteiger partial charge in [-0.3, -0.25) is 0 Å². The van der Waals surface area contributed by atoms with E-state index in [0.717, 1.165) is 24.6 Å². The highest BCUT2D eigenvalue weighted by molar-refractivity contribution is 5.79. The highest BCUT2D eigenvalue weighted by atomic mass is 16.5. The van der Waals surface area contributed by atoms with Crippen LogP contribution in [0.2, 0.25) is 0 Å². The van der Waals surface area contributed by atoms with Gasteiger partial charge in [-0.25, -0.2) is 9.78 Å². The fourth-order valence-corrected chi connectivity index (χ4v) is 1.88. The molecule has 0 saturated carbocycles. The molecule has 1 heterocycles. The summed E-state index contributed by atoms with van der Waals surface area (Å²) in [5.74, 6) is 0.692. The Bertz CT molecular complexity index is 388. The molecule has 1 aromatic rings. The molecular formula is C14H23N3O2. The van der Waals surface area contributed by atoms with Crippen molar-refractivity contribution in [2.75, 3.05) is 30.4 Å². The summed E-state index contributed by atoms with van der Waals surface area (Å²) in [6.07, 6.45) is 2.42. The van der Waals surface area contributed by atoms with Crippen molar-refractivity contribution in [3.8, 4) is 0 Å². The number of methoxy groups -OCH3 is 1. The van der Waals surface area contributed by atoms with Gasteiger partial charge in [-0.15, -0.1) is 0 Å². The van der Waals surface area contributed by atoms with Crippen molar-refractivity contribution in [2.24, 2.45) is 0 Å². The zero-order valence-corrected chi connectivity index (χ0v) is 12.1. The summed E-state index contributed by atoms with van der Waals surface area (Å²) in [6.45, 7) is 7.99. The molecule has 0 bridgehead atoms. The van der Waals surface area contributed by atoms with Crippen molar-refractivity contribution < 1.29 is 9.53 Å². The molecule has 1 N–H and O–H groups in total. The second-order valence-corrected chi connectivity index (χ2v) is 4.21. The number of nitrogens with zero attached hydrogens (tertiary/aromatic N) is 2. The molecule has 0 aliphatic heterocycles. The van der Waals surface area contributed by atoms with Crippen LogP contribution in [0.3, 0.4) is 0 Å². The van der Waals surface area contributed by atoms with Crippen LogP contribution in [0.5, 0.6) is 0 Å². The first-order chi connectivity index (χ1) is 9.15. The second-order valence-electron chi connectivity index (χ2n) is 4.21. The van der Waals surface area contributed by atoms with Gasteiger partial charge in [-0.05, 0) is 32.4 Å². The van der Waals surface area contributed by atoms with Crippen molar-refractivity contribution in [2.45, 2.75) is 33.2 Å². The van der Waals surface area contributed by atoms with E-state index < -0.39 is 0 Å². The highest BCUT2D eigenvalue weighted by Crippen LogP contribution is 2.15. The van der Waals surface area contributed by atoms with Crippen LogP contribution in [0.4, 0.5) is 11.5 Å². The monoisotopic (exact) mass is 265 g/mol. The Labute approximate surface area is 115 Å². The van der Waals surface area contributed by atoms with Crippen LogP contribution in [-0.4, -0.2) is 37.2 Å². The lowest BCUT2D eigenvalue weighted by Gasteiger charge is -2.20. The predicted octanol–water partition coefficient (Wildman–Crippen LogP) is 2.29. The van der Waals surface area contributed by atoms with Crippen LogP contribution in [0, 0.1) is 0 Å². The summed E-state index contributed by atoms with van der Waals surface area (Å²) in [5.41, 5.74) is 0.827. The number of hydrogen-bond acceptors (Lipinski definition) is 5. The van der Waals surface area contributed by atoms with E-state index >= 15 is 0 Å². The van der Waals surface area contributed by atoms with E-state index in [9.17, 15) is 4.79 Å². The summed E-state index contributed by atoms with van der Waals surface area (Å²) in [7, 11) is 1.40. The van der Waals surface area contributed by atoms with Gasteiger partial charge in [0.05, 0.1) is 19.0 Å². The summed E-state index contributed by atoms with van der Waals surface area (Å²) >= 11 is 0. The zero-order chi connectivity index (χ0) is 14.3. The molecule has 1 rings (SSSR count). The van der Waals surface area contributed by atoms with E-state index in [0.29, 0.717) is 6.42 Å². The number of ether oxygens (including phenoxy) is 1. The first kappa shape index (κ1) is 15.3. The average Bonchev–Trinajstić information content (AvgIpc) is 2.46. The molecular weight excluding hydrogens is 242 g/mol. The molecule has 1 atom stereocenters. The molecule has 5 nitrogen and oxygen atoms in total. The number of esters is 1. The molecule has 0 radical (unpaired) electrons. The summed E-state index contributed by atoms with van der Waals surface area (Å²) in [4.78, 5) is 18.1. The fraction of sp³-hybridized carbons (Fsp3) is 0.571. The third-order valence-corrected chi connectivity index (χ3v) is 3.07. The number of nitrogens with one attached hydrogen (secondary N) is 1. The lowest BCUT2D eigenvalue weighted by Crippen LogP contribution is -2.30. The second kappa shape index (κ2) is 7.61. The highest BCUT2D eigenvalue weighted by Gasteiger charge is 2.16. The SMILES string of the molecule is CCC(Nc1ccc(N(CC)CC)nc1)C(=O)OC. The Morgan fingerprint density at radius 1 is 1.37 bits per heavy atom. The first-order valence-corrected chi connectivity index (χ1v) is 6.71. The maximum absolute atomic E-state index is 11.5. The number of carbonyl (C=O) groups excluding carboxylic acids is 1. The first-order valence-electron chi connectivity index (χ1n) is 6.71. The molecule has 0 saturated heterocycles. The Balaban J connectivity index is 2.73. The third-order valence-electron chi connectivity index (χ3n) is 3.07. The van der Waals surface area contributed by atoms with Crippen LogP contribution in [0.1, 0.15) is 27.2 Å². The number of carbonyl (C=O) groups is 1. The zero-order valence-electron chi connectivity index (χ0n) is 12.1. The molecule has 0 spiro atoms. The van der Waals surface area contributed by atoms with Crippen LogP contribution in [-0.2, 0) is 9.53 Å². The molecule has 0 aromatic carbocycles. The average molecular weight is 265 g/mol. The summed E-state index contributed by atoms with van der Waals surface area (Å²) in [6, 6.07) is 3.57. The lowest BCUT2D eigenvalue weighted by atomic mass is 10.2. The standard InChI is InChI=1S/C14H23N3O2/c1-5-12(14(18)19-4)16-11-8-9-13(15-10-11)17(6-2)7-3/h8-10,12,16H,5-7H2,1-4H3.